The van der Waals surface area contributed by atoms with Gasteiger partial charge in [0.15, 0.2) is 5.82 Å². The van der Waals surface area contributed by atoms with Crippen molar-refractivity contribution in [1.29, 1.82) is 0 Å². The van der Waals surface area contributed by atoms with Gasteiger partial charge in [-0.25, -0.2) is 4.79 Å². The number of anilines is 1. The minimum absolute atomic E-state index is 0.0708. The summed E-state index contributed by atoms with van der Waals surface area (Å²) in [6.07, 6.45) is 0.761. The molecule has 3 heterocycles. The first-order valence-corrected chi connectivity index (χ1v) is 7.52. The van der Waals surface area contributed by atoms with Gasteiger partial charge in [-0.05, 0) is 12.8 Å². The quantitative estimate of drug-likeness (QED) is 0.706. The van der Waals surface area contributed by atoms with Crippen LogP contribution in [0.5, 0.6) is 0 Å². The lowest BCUT2D eigenvalue weighted by atomic mass is 9.86. The molecular weight excluding hydrogens is 324 g/mol. The van der Waals surface area contributed by atoms with Gasteiger partial charge < -0.3 is 15.5 Å². The summed E-state index contributed by atoms with van der Waals surface area (Å²) in [5.74, 6) is -0.468. The second-order valence-corrected chi connectivity index (χ2v) is 6.21. The number of rotatable bonds is 1. The smallest absolute Gasteiger partial charge is 0.327 e. The normalized spacial score (nSPS) is 20.7. The van der Waals surface area contributed by atoms with Crippen molar-refractivity contribution in [2.24, 2.45) is 0 Å². The number of likely N-dealkylation sites (tertiary alicyclic amines) is 1. The predicted octanol–water partition coefficient (Wildman–Crippen LogP) is 0.144. The topological polar surface area (TPSA) is 116 Å². The van der Waals surface area contributed by atoms with Crippen LogP contribution < -0.4 is 5.73 Å². The number of hydrogen-bond donors (Lipinski definition) is 2. The summed E-state index contributed by atoms with van der Waals surface area (Å²) in [4.78, 5) is 41.0. The molecule has 23 heavy (non-hydrogen) atoms. The Labute approximate surface area is 137 Å². The Balaban J connectivity index is 1.76. The zero-order valence-corrected chi connectivity index (χ0v) is 13.6. The van der Waals surface area contributed by atoms with Crippen molar-refractivity contribution in [3.8, 4) is 0 Å². The standard InChI is InChI=1S/C13H17ClN6O3/c1-18-11(22)13(19(2)12(18)23)3-5-20(6-4-13)10(21)8-7(14)9(15)17-16-8/h3-6H2,1-2H3,(H3,15,16,17). The van der Waals surface area contributed by atoms with Gasteiger partial charge in [-0.3, -0.25) is 19.6 Å². The Bertz CT molecular complexity index is 694. The molecule has 0 saturated carbocycles. The molecule has 10 heteroatoms. The van der Waals surface area contributed by atoms with Crippen LogP contribution in [-0.4, -0.2) is 75.5 Å². The van der Waals surface area contributed by atoms with Crippen molar-refractivity contribution in [2.45, 2.75) is 18.4 Å². The van der Waals surface area contributed by atoms with E-state index in [1.165, 1.54) is 11.9 Å². The summed E-state index contributed by atoms with van der Waals surface area (Å²) in [6.45, 7) is 0.677. The third-order valence-corrected chi connectivity index (χ3v) is 5.13. The maximum atomic E-state index is 12.5. The van der Waals surface area contributed by atoms with Gasteiger partial charge in [0.2, 0.25) is 0 Å². The number of nitrogens with two attached hydrogens (primary N) is 1. The number of piperidine rings is 1. The van der Waals surface area contributed by atoms with Gasteiger partial charge in [0.1, 0.15) is 16.3 Å². The lowest BCUT2D eigenvalue weighted by Crippen LogP contribution is -2.56. The van der Waals surface area contributed by atoms with E-state index in [2.05, 4.69) is 10.2 Å². The summed E-state index contributed by atoms with van der Waals surface area (Å²) in [7, 11) is 3.09. The molecule has 4 amide bonds. The van der Waals surface area contributed by atoms with Crippen molar-refractivity contribution in [3.63, 3.8) is 0 Å². The van der Waals surface area contributed by atoms with Crippen LogP contribution in [0.25, 0.3) is 0 Å². The maximum Gasteiger partial charge on any atom is 0.327 e. The second kappa shape index (κ2) is 5.12. The molecule has 2 fully saturated rings. The van der Waals surface area contributed by atoms with Crippen molar-refractivity contribution >= 4 is 35.3 Å². The van der Waals surface area contributed by atoms with E-state index >= 15 is 0 Å². The zero-order valence-electron chi connectivity index (χ0n) is 12.8. The molecule has 9 nitrogen and oxygen atoms in total. The number of aromatic amines is 1. The van der Waals surface area contributed by atoms with Crippen molar-refractivity contribution in [1.82, 2.24) is 24.9 Å². The number of carbonyl (C=O) groups is 3. The van der Waals surface area contributed by atoms with Gasteiger partial charge in [0.05, 0.1) is 0 Å². The van der Waals surface area contributed by atoms with Gasteiger partial charge in [0.25, 0.3) is 11.8 Å². The Morgan fingerprint density at radius 2 is 1.91 bits per heavy atom. The number of imide groups is 1. The highest BCUT2D eigenvalue weighted by Crippen LogP contribution is 2.36. The third kappa shape index (κ3) is 2.07. The third-order valence-electron chi connectivity index (χ3n) is 4.74. The summed E-state index contributed by atoms with van der Waals surface area (Å²) >= 11 is 5.95. The molecule has 124 valence electrons. The lowest BCUT2D eigenvalue weighted by molar-refractivity contribution is -0.134. The molecule has 0 aromatic carbocycles. The number of likely N-dealkylation sites (N-methyl/N-ethyl adjacent to an activating group) is 2. The number of urea groups is 1. The average molecular weight is 341 g/mol. The number of nitrogens with zero attached hydrogens (tertiary/aromatic N) is 4. The van der Waals surface area contributed by atoms with E-state index in [0.29, 0.717) is 25.9 Å². The van der Waals surface area contributed by atoms with Crippen LogP contribution in [0.2, 0.25) is 5.02 Å². The van der Waals surface area contributed by atoms with E-state index in [9.17, 15) is 14.4 Å². The SMILES string of the molecule is CN1C(=O)N(C)C2(CCN(C(=O)c3[nH]nc(N)c3Cl)CC2)C1=O. The van der Waals surface area contributed by atoms with Crippen LogP contribution in [0, 0.1) is 0 Å². The second-order valence-electron chi connectivity index (χ2n) is 5.83. The Morgan fingerprint density at radius 3 is 2.35 bits per heavy atom. The molecule has 0 radical (unpaired) electrons. The Hall–Kier alpha value is -2.29. The lowest BCUT2D eigenvalue weighted by Gasteiger charge is -2.40. The first kappa shape index (κ1) is 15.6. The molecule has 0 atom stereocenters. The molecule has 0 aliphatic carbocycles. The van der Waals surface area contributed by atoms with Gasteiger partial charge in [0, 0.05) is 27.2 Å². The Kier molecular flexibility index (Phi) is 3.47. The van der Waals surface area contributed by atoms with Crippen molar-refractivity contribution in [2.75, 3.05) is 32.9 Å². The number of halogens is 1. The van der Waals surface area contributed by atoms with Gasteiger partial charge in [-0.1, -0.05) is 11.6 Å². The van der Waals surface area contributed by atoms with Crippen LogP contribution in [0.3, 0.4) is 0 Å². The summed E-state index contributed by atoms with van der Waals surface area (Å²) in [6, 6.07) is -0.320. The van der Waals surface area contributed by atoms with Gasteiger partial charge >= 0.3 is 6.03 Å². The van der Waals surface area contributed by atoms with Crippen molar-refractivity contribution < 1.29 is 14.4 Å². The van der Waals surface area contributed by atoms with E-state index in [1.807, 2.05) is 0 Å². The van der Waals surface area contributed by atoms with Crippen LogP contribution in [0.1, 0.15) is 23.3 Å². The number of carbonyl (C=O) groups excluding carboxylic acids is 3. The number of H-pyrrole nitrogens is 1. The fraction of sp³-hybridized carbons (Fsp3) is 0.538. The van der Waals surface area contributed by atoms with Crippen LogP contribution in [0.15, 0.2) is 0 Å². The zero-order chi connectivity index (χ0) is 16.9. The highest BCUT2D eigenvalue weighted by Gasteiger charge is 2.55. The largest absolute Gasteiger partial charge is 0.381 e. The fourth-order valence-corrected chi connectivity index (χ4v) is 3.39. The average Bonchev–Trinajstić information content (AvgIpc) is 2.96. The van der Waals surface area contributed by atoms with Crippen molar-refractivity contribution in [3.05, 3.63) is 10.7 Å². The molecule has 2 aliphatic rings. The number of hydrogen-bond acceptors (Lipinski definition) is 5. The molecule has 2 saturated heterocycles. The highest BCUT2D eigenvalue weighted by molar-refractivity contribution is 6.35. The van der Waals surface area contributed by atoms with E-state index in [0.717, 1.165) is 4.90 Å². The number of amides is 4. The predicted molar refractivity (Wildman–Crippen MR) is 81.8 cm³/mol. The minimum Gasteiger partial charge on any atom is -0.381 e. The Morgan fingerprint density at radius 1 is 1.30 bits per heavy atom. The molecule has 0 unspecified atom stereocenters. The maximum absolute atomic E-state index is 12.5. The minimum atomic E-state index is -0.862. The van der Waals surface area contributed by atoms with E-state index in [4.69, 9.17) is 17.3 Å². The summed E-state index contributed by atoms with van der Waals surface area (Å²) < 4.78 is 0. The summed E-state index contributed by atoms with van der Waals surface area (Å²) in [5.41, 5.74) is 4.81. The molecule has 3 rings (SSSR count). The molecule has 2 aliphatic heterocycles. The molecule has 3 N–H and O–H groups in total. The number of nitrogen functional groups attached to an aromatic ring is 1. The van der Waals surface area contributed by atoms with E-state index in [1.54, 1.807) is 11.9 Å². The monoisotopic (exact) mass is 340 g/mol. The van der Waals surface area contributed by atoms with Crippen LogP contribution in [0.4, 0.5) is 10.6 Å². The molecule has 1 aromatic heterocycles. The van der Waals surface area contributed by atoms with Gasteiger partial charge in [-0.15, -0.1) is 0 Å². The first-order valence-electron chi connectivity index (χ1n) is 7.14. The fourth-order valence-electron chi connectivity index (χ4n) is 3.22. The summed E-state index contributed by atoms with van der Waals surface area (Å²) in [5, 5.41) is 6.33. The van der Waals surface area contributed by atoms with E-state index < -0.39 is 5.54 Å². The van der Waals surface area contributed by atoms with Gasteiger partial charge in [-0.2, -0.15) is 5.10 Å². The molecule has 1 spiro atoms. The first-order chi connectivity index (χ1) is 10.8. The molecule has 0 bridgehead atoms. The highest BCUT2D eigenvalue weighted by atomic mass is 35.5. The molecule has 1 aromatic rings. The van der Waals surface area contributed by atoms with Crippen LogP contribution >= 0.6 is 11.6 Å². The van der Waals surface area contributed by atoms with Crippen LogP contribution in [-0.2, 0) is 4.79 Å². The molecular formula is C13H17ClN6O3. The number of nitrogens with one attached hydrogen (secondary N) is 1. The number of aromatic nitrogens is 2. The van der Waals surface area contributed by atoms with E-state index in [-0.39, 0.29) is 34.4 Å².